The Morgan fingerprint density at radius 1 is 1.25 bits per heavy atom. The highest BCUT2D eigenvalue weighted by Gasteiger charge is 2.16. The van der Waals surface area contributed by atoms with E-state index in [9.17, 15) is 0 Å². The number of hydrogen-bond donors (Lipinski definition) is 1. The third-order valence-electron chi connectivity index (χ3n) is 3.48. The van der Waals surface area contributed by atoms with Crippen molar-refractivity contribution in [2.24, 2.45) is 0 Å². The molecule has 0 bridgehead atoms. The van der Waals surface area contributed by atoms with E-state index in [4.69, 9.17) is 9.47 Å². The number of methoxy groups -OCH3 is 1. The van der Waals surface area contributed by atoms with Crippen molar-refractivity contribution in [2.45, 2.75) is 51.5 Å². The summed E-state index contributed by atoms with van der Waals surface area (Å²) < 4.78 is 10.6. The van der Waals surface area contributed by atoms with Crippen molar-refractivity contribution >= 4 is 5.82 Å². The lowest BCUT2D eigenvalue weighted by atomic mass is 10.2. The summed E-state index contributed by atoms with van der Waals surface area (Å²) in [5, 5.41) is 3.50. The van der Waals surface area contributed by atoms with Gasteiger partial charge in [0.1, 0.15) is 18.2 Å². The molecule has 0 spiro atoms. The summed E-state index contributed by atoms with van der Waals surface area (Å²) in [5.74, 6) is 2.61. The lowest BCUT2D eigenvalue weighted by Crippen LogP contribution is -2.17. The van der Waals surface area contributed by atoms with Crippen molar-refractivity contribution in [1.29, 1.82) is 0 Å². The first-order valence-corrected chi connectivity index (χ1v) is 7.46. The molecule has 1 heterocycles. The van der Waals surface area contributed by atoms with Crippen molar-refractivity contribution in [3.8, 4) is 5.88 Å². The van der Waals surface area contributed by atoms with Gasteiger partial charge in [-0.25, -0.2) is 4.98 Å². The predicted molar refractivity (Wildman–Crippen MR) is 79.4 cm³/mol. The molecule has 0 atom stereocenters. The predicted octanol–water partition coefficient (Wildman–Crippen LogP) is 2.98. The van der Waals surface area contributed by atoms with Crippen molar-refractivity contribution < 1.29 is 9.47 Å². The molecule has 5 heteroatoms. The van der Waals surface area contributed by atoms with Gasteiger partial charge < -0.3 is 14.8 Å². The van der Waals surface area contributed by atoms with Crippen LogP contribution in [0.5, 0.6) is 5.88 Å². The lowest BCUT2D eigenvalue weighted by molar-refractivity contribution is 0.143. The van der Waals surface area contributed by atoms with E-state index in [0.29, 0.717) is 25.1 Å². The van der Waals surface area contributed by atoms with Crippen molar-refractivity contribution in [2.75, 3.05) is 25.6 Å². The molecule has 5 nitrogen and oxygen atoms in total. The van der Waals surface area contributed by atoms with E-state index in [1.807, 2.05) is 6.07 Å². The van der Waals surface area contributed by atoms with Crippen LogP contribution >= 0.6 is 0 Å². The van der Waals surface area contributed by atoms with Crippen LogP contribution in [-0.2, 0) is 4.74 Å². The Labute approximate surface area is 121 Å². The summed E-state index contributed by atoms with van der Waals surface area (Å²) in [5.41, 5.74) is 0. The van der Waals surface area contributed by atoms with Crippen LogP contribution in [-0.4, -0.2) is 36.3 Å². The fourth-order valence-electron chi connectivity index (χ4n) is 2.36. The monoisotopic (exact) mass is 279 g/mol. The molecule has 0 aromatic carbocycles. The number of aromatic nitrogens is 2. The average Bonchev–Trinajstić information content (AvgIpc) is 2.91. The number of ether oxygens (including phenoxy) is 2. The fourth-order valence-corrected chi connectivity index (χ4v) is 2.36. The average molecular weight is 279 g/mol. The second-order valence-corrected chi connectivity index (χ2v) is 5.57. The summed E-state index contributed by atoms with van der Waals surface area (Å²) in [7, 11) is 1.66. The maximum atomic E-state index is 5.63. The largest absolute Gasteiger partial charge is 0.475 e. The quantitative estimate of drug-likeness (QED) is 0.778. The Hall–Kier alpha value is -1.36. The van der Waals surface area contributed by atoms with Gasteiger partial charge in [0.25, 0.3) is 0 Å². The molecular weight excluding hydrogens is 254 g/mol. The SMILES string of the molecule is COCCOc1cc(NC2CCCC2)nc(C(C)C)n1. The normalized spacial score (nSPS) is 15.8. The van der Waals surface area contributed by atoms with Crippen LogP contribution in [0.2, 0.25) is 0 Å². The van der Waals surface area contributed by atoms with Gasteiger partial charge in [-0.1, -0.05) is 26.7 Å². The number of nitrogens with one attached hydrogen (secondary N) is 1. The minimum Gasteiger partial charge on any atom is -0.475 e. The van der Waals surface area contributed by atoms with Gasteiger partial charge in [-0.15, -0.1) is 0 Å². The van der Waals surface area contributed by atoms with Crippen LogP contribution in [0.25, 0.3) is 0 Å². The van der Waals surface area contributed by atoms with Gasteiger partial charge >= 0.3 is 0 Å². The van der Waals surface area contributed by atoms with Crippen molar-refractivity contribution in [1.82, 2.24) is 9.97 Å². The van der Waals surface area contributed by atoms with E-state index in [-0.39, 0.29) is 5.92 Å². The Morgan fingerprint density at radius 3 is 2.65 bits per heavy atom. The smallest absolute Gasteiger partial charge is 0.218 e. The molecule has 1 aliphatic rings. The first-order chi connectivity index (χ1) is 9.69. The van der Waals surface area contributed by atoms with E-state index < -0.39 is 0 Å². The first-order valence-electron chi connectivity index (χ1n) is 7.46. The van der Waals surface area contributed by atoms with Gasteiger partial charge in [0.05, 0.1) is 6.61 Å². The summed E-state index contributed by atoms with van der Waals surface area (Å²) >= 11 is 0. The highest BCUT2D eigenvalue weighted by atomic mass is 16.5. The highest BCUT2D eigenvalue weighted by Crippen LogP contribution is 2.24. The van der Waals surface area contributed by atoms with Gasteiger partial charge in [-0.3, -0.25) is 0 Å². The first kappa shape index (κ1) is 15.0. The van der Waals surface area contributed by atoms with Crippen LogP contribution in [0.4, 0.5) is 5.82 Å². The molecule has 112 valence electrons. The van der Waals surface area contributed by atoms with Gasteiger partial charge in [0.15, 0.2) is 0 Å². The second-order valence-electron chi connectivity index (χ2n) is 5.57. The molecule has 0 saturated heterocycles. The molecule has 0 amide bonds. The summed E-state index contributed by atoms with van der Waals surface area (Å²) in [6.07, 6.45) is 5.05. The van der Waals surface area contributed by atoms with E-state index >= 15 is 0 Å². The van der Waals surface area contributed by atoms with Crippen LogP contribution in [0.15, 0.2) is 6.07 Å². The third kappa shape index (κ3) is 4.34. The van der Waals surface area contributed by atoms with Crippen molar-refractivity contribution in [3.63, 3.8) is 0 Å². The molecule has 2 rings (SSSR count). The second kappa shape index (κ2) is 7.43. The zero-order valence-electron chi connectivity index (χ0n) is 12.7. The van der Waals surface area contributed by atoms with Crippen molar-refractivity contribution in [3.05, 3.63) is 11.9 Å². The third-order valence-corrected chi connectivity index (χ3v) is 3.48. The topological polar surface area (TPSA) is 56.3 Å². The van der Waals surface area contributed by atoms with Gasteiger partial charge in [0.2, 0.25) is 5.88 Å². The van der Waals surface area contributed by atoms with E-state index in [2.05, 4.69) is 29.1 Å². The molecule has 1 saturated carbocycles. The van der Waals surface area contributed by atoms with Gasteiger partial charge in [-0.2, -0.15) is 4.98 Å². The number of rotatable bonds is 7. The maximum absolute atomic E-state index is 5.63. The Balaban J connectivity index is 2.07. The van der Waals surface area contributed by atoms with Crippen LogP contribution in [0, 0.1) is 0 Å². The zero-order valence-corrected chi connectivity index (χ0v) is 12.7. The standard InChI is InChI=1S/C15H25N3O2/c1-11(2)15-17-13(16-12-6-4-5-7-12)10-14(18-15)20-9-8-19-3/h10-12H,4-9H2,1-3H3,(H,16,17,18). The molecule has 20 heavy (non-hydrogen) atoms. The number of nitrogens with zero attached hydrogens (tertiary/aromatic N) is 2. The molecule has 0 aliphatic heterocycles. The van der Waals surface area contributed by atoms with E-state index in [0.717, 1.165) is 11.6 Å². The Kier molecular flexibility index (Phi) is 5.59. The number of anilines is 1. The molecular formula is C15H25N3O2. The maximum Gasteiger partial charge on any atom is 0.218 e. The molecule has 0 radical (unpaired) electrons. The minimum absolute atomic E-state index is 0.283. The molecule has 1 aliphatic carbocycles. The molecule has 0 unspecified atom stereocenters. The molecule has 1 N–H and O–H groups in total. The molecule has 1 aromatic rings. The lowest BCUT2D eigenvalue weighted by Gasteiger charge is -2.15. The number of hydrogen-bond acceptors (Lipinski definition) is 5. The van der Waals surface area contributed by atoms with Gasteiger partial charge in [0, 0.05) is 25.1 Å². The summed E-state index contributed by atoms with van der Waals surface area (Å²) in [6, 6.07) is 2.43. The van der Waals surface area contributed by atoms with E-state index in [1.165, 1.54) is 25.7 Å². The summed E-state index contributed by atoms with van der Waals surface area (Å²) in [6.45, 7) is 5.25. The molecule has 1 fully saturated rings. The van der Waals surface area contributed by atoms with Crippen LogP contribution < -0.4 is 10.1 Å². The fraction of sp³-hybridized carbons (Fsp3) is 0.733. The minimum atomic E-state index is 0.283. The molecule has 1 aromatic heterocycles. The zero-order chi connectivity index (χ0) is 14.4. The van der Waals surface area contributed by atoms with E-state index in [1.54, 1.807) is 7.11 Å². The highest BCUT2D eigenvalue weighted by molar-refractivity contribution is 5.40. The summed E-state index contributed by atoms with van der Waals surface area (Å²) in [4.78, 5) is 9.04. The Bertz CT molecular complexity index is 418. The van der Waals surface area contributed by atoms with Crippen LogP contribution in [0.1, 0.15) is 51.3 Å². The van der Waals surface area contributed by atoms with Gasteiger partial charge in [-0.05, 0) is 12.8 Å². The van der Waals surface area contributed by atoms with Crippen LogP contribution in [0.3, 0.4) is 0 Å². The Morgan fingerprint density at radius 2 is 2.00 bits per heavy atom.